The number of hydrogen-bond acceptors (Lipinski definition) is 1. The van der Waals surface area contributed by atoms with Gasteiger partial charge in [0.25, 0.3) is 0 Å². The Morgan fingerprint density at radius 1 is 1.45 bits per heavy atom. The number of hydrogen-bond donors (Lipinski definition) is 0. The van der Waals surface area contributed by atoms with Crippen molar-refractivity contribution in [2.24, 2.45) is 4.99 Å². The third-order valence-corrected chi connectivity index (χ3v) is 1.43. The zero-order valence-corrected chi connectivity index (χ0v) is 7.65. The molecule has 2 heteroatoms. The molecule has 0 amide bonds. The third kappa shape index (κ3) is 3.79. The van der Waals surface area contributed by atoms with E-state index in [4.69, 9.17) is 11.6 Å². The van der Waals surface area contributed by atoms with Crippen LogP contribution < -0.4 is 0 Å². The second-order valence-electron chi connectivity index (χ2n) is 2.16. The van der Waals surface area contributed by atoms with Crippen LogP contribution in [0.3, 0.4) is 0 Å². The Balaban J connectivity index is 4.36. The van der Waals surface area contributed by atoms with Crippen LogP contribution in [0, 0.1) is 0 Å². The van der Waals surface area contributed by atoms with Crippen LogP contribution in [0.4, 0.5) is 0 Å². The summed E-state index contributed by atoms with van der Waals surface area (Å²) < 4.78 is 0. The lowest BCUT2D eigenvalue weighted by Gasteiger charge is -1.98. The van der Waals surface area contributed by atoms with E-state index in [1.54, 1.807) is 12.3 Å². The van der Waals surface area contributed by atoms with Crippen molar-refractivity contribution in [1.29, 1.82) is 0 Å². The summed E-state index contributed by atoms with van der Waals surface area (Å²) in [6.07, 6.45) is 3.42. The highest BCUT2D eigenvalue weighted by Gasteiger charge is 1.98. The number of rotatable bonds is 3. The molecule has 0 aromatic heterocycles. The van der Waals surface area contributed by atoms with Crippen molar-refractivity contribution in [2.45, 2.75) is 13.8 Å². The van der Waals surface area contributed by atoms with Gasteiger partial charge in [0, 0.05) is 11.8 Å². The predicted octanol–water partition coefficient (Wildman–Crippen LogP) is 3.29. The van der Waals surface area contributed by atoms with E-state index in [-0.39, 0.29) is 0 Å². The van der Waals surface area contributed by atoms with Crippen molar-refractivity contribution in [1.82, 2.24) is 0 Å². The first-order valence-electron chi connectivity index (χ1n) is 3.29. The third-order valence-electron chi connectivity index (χ3n) is 1.10. The Bertz CT molecular complexity index is 224. The molecule has 0 saturated carbocycles. The summed E-state index contributed by atoms with van der Waals surface area (Å²) in [5, 5.41) is 0.399. The van der Waals surface area contributed by atoms with Crippen LogP contribution in [-0.2, 0) is 0 Å². The predicted molar refractivity (Wildman–Crippen MR) is 52.1 cm³/mol. The second-order valence-corrected chi connectivity index (χ2v) is 2.52. The number of allylic oxidation sites excluding steroid dienone is 3. The highest BCUT2D eigenvalue weighted by molar-refractivity contribution is 6.70. The Hall–Kier alpha value is -0.820. The quantitative estimate of drug-likeness (QED) is 0.454. The molecule has 0 spiro atoms. The van der Waals surface area contributed by atoms with Gasteiger partial charge in [0.15, 0.2) is 0 Å². The molecule has 0 unspecified atom stereocenters. The Morgan fingerprint density at radius 3 is 2.36 bits per heavy atom. The van der Waals surface area contributed by atoms with Gasteiger partial charge in [-0.05, 0) is 19.4 Å². The zero-order chi connectivity index (χ0) is 8.85. The molecule has 0 aromatic carbocycles. The van der Waals surface area contributed by atoms with Crippen molar-refractivity contribution in [3.05, 3.63) is 36.6 Å². The molecule has 0 aliphatic heterocycles. The molecular weight excluding hydrogens is 158 g/mol. The minimum Gasteiger partial charge on any atom is -0.244 e. The lowest BCUT2D eigenvalue weighted by atomic mass is 10.2. The largest absolute Gasteiger partial charge is 0.244 e. The van der Waals surface area contributed by atoms with Crippen molar-refractivity contribution >= 4 is 16.8 Å². The number of halogens is 1. The maximum atomic E-state index is 5.74. The van der Waals surface area contributed by atoms with E-state index in [1.807, 2.05) is 13.8 Å². The number of nitrogens with zero attached hydrogens (tertiary/aromatic N) is 1. The summed E-state index contributed by atoms with van der Waals surface area (Å²) in [6.45, 7) is 11.1. The minimum absolute atomic E-state index is 0.399. The van der Waals surface area contributed by atoms with Gasteiger partial charge in [-0.15, -0.1) is 0 Å². The highest BCUT2D eigenvalue weighted by Crippen LogP contribution is 2.09. The lowest BCUT2D eigenvalue weighted by molar-refractivity contribution is 1.47. The van der Waals surface area contributed by atoms with Crippen molar-refractivity contribution in [2.75, 3.05) is 0 Å². The number of aliphatic imine (C=N–C) groups is 1. The van der Waals surface area contributed by atoms with Gasteiger partial charge in [-0.2, -0.15) is 0 Å². The summed E-state index contributed by atoms with van der Waals surface area (Å²) in [5.41, 5.74) is 1.52. The summed E-state index contributed by atoms with van der Waals surface area (Å²) >= 11 is 5.74. The van der Waals surface area contributed by atoms with E-state index >= 15 is 0 Å². The highest BCUT2D eigenvalue weighted by atomic mass is 35.5. The molecule has 0 rings (SSSR count). The fourth-order valence-electron chi connectivity index (χ4n) is 0.394. The van der Waals surface area contributed by atoms with Crippen LogP contribution in [0.5, 0.6) is 0 Å². The smallest absolute Gasteiger partial charge is 0.135 e. The topological polar surface area (TPSA) is 12.4 Å². The van der Waals surface area contributed by atoms with Crippen molar-refractivity contribution in [3.63, 3.8) is 0 Å². The normalized spacial score (nSPS) is 12.1. The van der Waals surface area contributed by atoms with Gasteiger partial charge in [-0.3, -0.25) is 0 Å². The van der Waals surface area contributed by atoms with Crippen LogP contribution in [0.25, 0.3) is 0 Å². The molecule has 0 aliphatic carbocycles. The van der Waals surface area contributed by atoms with E-state index in [0.717, 1.165) is 5.57 Å². The lowest BCUT2D eigenvalue weighted by Crippen LogP contribution is -1.91. The SMILES string of the molecule is C=C(C)C(=C)C(Cl)=N/C=C\C. The molecule has 1 nitrogen and oxygen atoms in total. The van der Waals surface area contributed by atoms with Gasteiger partial charge >= 0.3 is 0 Å². The zero-order valence-electron chi connectivity index (χ0n) is 6.89. The van der Waals surface area contributed by atoms with E-state index in [1.165, 1.54) is 0 Å². The van der Waals surface area contributed by atoms with Crippen LogP contribution in [0.2, 0.25) is 0 Å². The van der Waals surface area contributed by atoms with Crippen LogP contribution in [-0.4, -0.2) is 5.17 Å². The van der Waals surface area contributed by atoms with Gasteiger partial charge in [-0.1, -0.05) is 30.8 Å². The second kappa shape index (κ2) is 4.91. The summed E-state index contributed by atoms with van der Waals surface area (Å²) in [4.78, 5) is 3.90. The average Bonchev–Trinajstić information content (AvgIpc) is 1.98. The van der Waals surface area contributed by atoms with E-state index in [0.29, 0.717) is 10.7 Å². The monoisotopic (exact) mass is 169 g/mol. The molecule has 0 aliphatic rings. The molecule has 0 atom stereocenters. The van der Waals surface area contributed by atoms with Crippen LogP contribution in [0.15, 0.2) is 41.6 Å². The first kappa shape index (κ1) is 10.2. The molecule has 0 bridgehead atoms. The average molecular weight is 170 g/mol. The van der Waals surface area contributed by atoms with Crippen molar-refractivity contribution < 1.29 is 0 Å². The fourth-order valence-corrected chi connectivity index (χ4v) is 0.612. The van der Waals surface area contributed by atoms with Gasteiger partial charge in [0.1, 0.15) is 5.17 Å². The maximum absolute atomic E-state index is 5.74. The standard InChI is InChI=1S/C9H12ClN/c1-5-6-11-9(10)8(4)7(2)3/h5-6H,2,4H2,1,3H3/b6-5-,11-9?. The molecule has 11 heavy (non-hydrogen) atoms. The summed E-state index contributed by atoms with van der Waals surface area (Å²) in [6, 6.07) is 0. The van der Waals surface area contributed by atoms with Gasteiger partial charge in [-0.25, -0.2) is 4.99 Å². The Labute approximate surface area is 72.8 Å². The van der Waals surface area contributed by atoms with Gasteiger partial charge < -0.3 is 0 Å². The molecule has 60 valence electrons. The summed E-state index contributed by atoms with van der Waals surface area (Å²) in [5.74, 6) is 0. The molecule has 0 aromatic rings. The first-order valence-corrected chi connectivity index (χ1v) is 3.67. The van der Waals surface area contributed by atoms with E-state index in [2.05, 4.69) is 18.2 Å². The van der Waals surface area contributed by atoms with E-state index < -0.39 is 0 Å². The first-order chi connectivity index (χ1) is 5.09. The molecule has 0 heterocycles. The summed E-state index contributed by atoms with van der Waals surface area (Å²) in [7, 11) is 0. The molecular formula is C9H12ClN. The molecule has 0 saturated heterocycles. The Kier molecular flexibility index (Phi) is 4.55. The molecule has 0 radical (unpaired) electrons. The van der Waals surface area contributed by atoms with Gasteiger partial charge in [0.2, 0.25) is 0 Å². The maximum Gasteiger partial charge on any atom is 0.135 e. The Morgan fingerprint density at radius 2 is 2.00 bits per heavy atom. The minimum atomic E-state index is 0.399. The van der Waals surface area contributed by atoms with Crippen LogP contribution in [0.1, 0.15) is 13.8 Å². The van der Waals surface area contributed by atoms with E-state index in [9.17, 15) is 0 Å². The van der Waals surface area contributed by atoms with Crippen LogP contribution >= 0.6 is 11.6 Å². The molecule has 0 N–H and O–H groups in total. The van der Waals surface area contributed by atoms with Gasteiger partial charge in [0.05, 0.1) is 0 Å². The van der Waals surface area contributed by atoms with Crippen molar-refractivity contribution in [3.8, 4) is 0 Å². The molecule has 0 fully saturated rings. The fraction of sp³-hybridized carbons (Fsp3) is 0.222.